The zero-order chi connectivity index (χ0) is 29.1. The summed E-state index contributed by atoms with van der Waals surface area (Å²) in [7, 11) is 0. The second-order valence-electron chi connectivity index (χ2n) is 9.29. The maximum absolute atomic E-state index is 13.8. The number of aliphatic hydroxyl groups is 1. The average molecular weight is 559 g/mol. The zero-order valence-corrected chi connectivity index (χ0v) is 22.4. The number of rotatable bonds is 14. The fourth-order valence-electron chi connectivity index (χ4n) is 4.47. The Kier molecular flexibility index (Phi) is 10.1. The molecule has 0 saturated heterocycles. The molecule has 4 rings (SSSR count). The minimum absolute atomic E-state index is 0.0377. The van der Waals surface area contributed by atoms with Crippen LogP contribution in [0.5, 0.6) is 5.75 Å². The minimum atomic E-state index is -1.47. The van der Waals surface area contributed by atoms with E-state index in [4.69, 9.17) is 25.1 Å². The molecule has 10 nitrogen and oxygen atoms in total. The molecule has 0 aromatic heterocycles. The van der Waals surface area contributed by atoms with Crippen molar-refractivity contribution in [2.24, 2.45) is 10.1 Å². The van der Waals surface area contributed by atoms with Gasteiger partial charge in [0.05, 0.1) is 6.61 Å². The van der Waals surface area contributed by atoms with E-state index >= 15 is 0 Å². The molecule has 1 heterocycles. The summed E-state index contributed by atoms with van der Waals surface area (Å²) < 4.78 is 25.2. The Hall–Kier alpha value is -4.70. The average Bonchev–Trinajstić information content (AvgIpc) is 3.37. The van der Waals surface area contributed by atoms with E-state index in [0.717, 1.165) is 5.56 Å². The van der Waals surface area contributed by atoms with Gasteiger partial charge in [-0.15, -0.1) is 6.58 Å². The topological polar surface area (TPSA) is 141 Å². The Bertz CT molecular complexity index is 1420. The van der Waals surface area contributed by atoms with E-state index in [-0.39, 0.29) is 24.7 Å². The van der Waals surface area contributed by atoms with E-state index in [1.807, 2.05) is 0 Å². The van der Waals surface area contributed by atoms with Crippen LogP contribution in [0.3, 0.4) is 0 Å². The first-order valence-corrected chi connectivity index (χ1v) is 13.1. The van der Waals surface area contributed by atoms with Crippen LogP contribution in [0.15, 0.2) is 95.6 Å². The normalized spacial score (nSPS) is 17.6. The number of aliphatic hydroxyl groups excluding tert-OH is 1. The van der Waals surface area contributed by atoms with Crippen molar-refractivity contribution >= 4 is 17.5 Å². The van der Waals surface area contributed by atoms with Gasteiger partial charge in [0.15, 0.2) is 11.6 Å². The fraction of sp³-hybridized carbons (Fsp3) is 0.267. The minimum Gasteiger partial charge on any atom is -0.494 e. The van der Waals surface area contributed by atoms with Gasteiger partial charge in [0.2, 0.25) is 5.90 Å². The van der Waals surface area contributed by atoms with Gasteiger partial charge in [-0.2, -0.15) is 0 Å². The molecule has 0 aliphatic carbocycles. The number of aliphatic imine (C=N–C) groups is 1. The highest BCUT2D eigenvalue weighted by Gasteiger charge is 2.53. The van der Waals surface area contributed by atoms with E-state index in [1.165, 1.54) is 12.1 Å². The van der Waals surface area contributed by atoms with Crippen LogP contribution in [0, 0.1) is 5.82 Å². The van der Waals surface area contributed by atoms with Crippen LogP contribution in [-0.2, 0) is 16.0 Å². The highest BCUT2D eigenvalue weighted by Crippen LogP contribution is 2.45. The number of benzene rings is 3. The molecule has 0 bridgehead atoms. The Balaban J connectivity index is 1.62. The first-order chi connectivity index (χ1) is 20.0. The number of nitrogens with one attached hydrogen (secondary N) is 2. The van der Waals surface area contributed by atoms with E-state index in [2.05, 4.69) is 27.5 Å². The van der Waals surface area contributed by atoms with Gasteiger partial charge in [-0.05, 0) is 53.9 Å². The third-order valence-corrected chi connectivity index (χ3v) is 6.51. The van der Waals surface area contributed by atoms with E-state index in [1.54, 1.807) is 66.7 Å². The van der Waals surface area contributed by atoms with Crippen molar-refractivity contribution in [2.45, 2.75) is 30.9 Å². The van der Waals surface area contributed by atoms with Gasteiger partial charge in [-0.3, -0.25) is 10.2 Å². The smallest absolute Gasteiger partial charge is 0.266 e. The van der Waals surface area contributed by atoms with Crippen molar-refractivity contribution in [2.75, 3.05) is 19.8 Å². The predicted molar refractivity (Wildman–Crippen MR) is 153 cm³/mol. The van der Waals surface area contributed by atoms with Crippen LogP contribution in [0.1, 0.15) is 35.6 Å². The van der Waals surface area contributed by atoms with Crippen molar-refractivity contribution in [1.82, 2.24) is 10.9 Å². The monoisotopic (exact) mass is 558 g/mol. The van der Waals surface area contributed by atoms with Crippen molar-refractivity contribution in [3.05, 3.63) is 118 Å². The van der Waals surface area contributed by atoms with E-state index in [0.29, 0.717) is 48.6 Å². The highest BCUT2D eigenvalue weighted by atomic mass is 19.1. The molecule has 212 valence electrons. The number of halogens is 1. The molecule has 11 heteroatoms. The Morgan fingerprint density at radius 3 is 2.66 bits per heavy atom. The van der Waals surface area contributed by atoms with Crippen LogP contribution in [-0.4, -0.2) is 42.2 Å². The first kappa shape index (κ1) is 29.3. The number of hydrogen-bond acceptors (Lipinski definition) is 7. The number of azide groups is 1. The maximum atomic E-state index is 13.8. The Morgan fingerprint density at radius 1 is 1.20 bits per heavy atom. The summed E-state index contributed by atoms with van der Waals surface area (Å²) in [5.74, 6) is 0.0749. The van der Waals surface area contributed by atoms with Crippen LogP contribution in [0.2, 0.25) is 0 Å². The van der Waals surface area contributed by atoms with Gasteiger partial charge in [0, 0.05) is 47.7 Å². The molecule has 3 aromatic rings. The zero-order valence-electron chi connectivity index (χ0n) is 22.4. The number of hydrogen-bond donors (Lipinski definition) is 3. The lowest BCUT2D eigenvalue weighted by atomic mass is 9.84. The molecule has 3 aromatic carbocycles. The third-order valence-electron chi connectivity index (χ3n) is 6.51. The van der Waals surface area contributed by atoms with Crippen LogP contribution >= 0.6 is 0 Å². The summed E-state index contributed by atoms with van der Waals surface area (Å²) in [6, 6.07) is 20.1. The molecule has 0 saturated carbocycles. The number of nitrogens with zero attached hydrogens (tertiary/aromatic N) is 4. The van der Waals surface area contributed by atoms with E-state index in [9.17, 15) is 9.18 Å². The molecule has 2 atom stereocenters. The summed E-state index contributed by atoms with van der Waals surface area (Å²) in [4.78, 5) is 21.6. The molecule has 1 aliphatic heterocycles. The van der Waals surface area contributed by atoms with Gasteiger partial charge in [0.1, 0.15) is 11.6 Å². The summed E-state index contributed by atoms with van der Waals surface area (Å²) in [6.45, 7) is 4.66. The summed E-state index contributed by atoms with van der Waals surface area (Å²) in [5, 5.41) is 12.8. The lowest BCUT2D eigenvalue weighted by Crippen LogP contribution is -2.52. The standard InChI is InChI=1S/C30H31FN6O4/c1-2-17-30(29(39)36-33-18-16-21-8-12-23(31)13-9-21)27(25-6-3-4-7-26(25)35-37-32)41-28(34-30)22-10-14-24(15-11-22)40-20-5-19-38/h2-4,6-15,27,33,38H,1,5,16-20H2,(H,36,39)/t27-,30-/m0/s1. The number of carbonyl (C=O) groups is 1. The number of hydrazine groups is 1. The SMILES string of the molecule is C=CC[C@]1(C(=O)NNCCc2ccc(F)cc2)N=C(c2ccc(OCCCO)cc2)O[C@H]1c1ccccc1N=[N+]=[N-]. The second-order valence-corrected chi connectivity index (χ2v) is 9.29. The molecule has 0 unspecified atom stereocenters. The van der Waals surface area contributed by atoms with Crippen LogP contribution < -0.4 is 15.6 Å². The van der Waals surface area contributed by atoms with Crippen molar-refractivity contribution in [3.8, 4) is 5.75 Å². The largest absolute Gasteiger partial charge is 0.494 e. The number of amides is 1. The van der Waals surface area contributed by atoms with Gasteiger partial charge in [-0.25, -0.2) is 14.8 Å². The third kappa shape index (κ3) is 7.09. The van der Waals surface area contributed by atoms with Crippen LogP contribution in [0.4, 0.5) is 10.1 Å². The summed E-state index contributed by atoms with van der Waals surface area (Å²) >= 11 is 0. The molecule has 3 N–H and O–H groups in total. The molecule has 0 spiro atoms. The maximum Gasteiger partial charge on any atom is 0.266 e. The van der Waals surface area contributed by atoms with Crippen LogP contribution in [0.25, 0.3) is 10.4 Å². The van der Waals surface area contributed by atoms with Crippen molar-refractivity contribution in [1.29, 1.82) is 0 Å². The molecular formula is C30H31FN6O4. The van der Waals surface area contributed by atoms with Gasteiger partial charge in [0.25, 0.3) is 5.91 Å². The second kappa shape index (κ2) is 14.1. The first-order valence-electron chi connectivity index (χ1n) is 13.1. The van der Waals surface area contributed by atoms with Crippen molar-refractivity contribution < 1.29 is 23.8 Å². The van der Waals surface area contributed by atoms with Crippen molar-refractivity contribution in [3.63, 3.8) is 0 Å². The summed E-state index contributed by atoms with van der Waals surface area (Å²) in [5.41, 5.74) is 15.7. The molecule has 41 heavy (non-hydrogen) atoms. The Labute approximate surface area is 237 Å². The highest BCUT2D eigenvalue weighted by molar-refractivity contribution is 6.01. The van der Waals surface area contributed by atoms with Gasteiger partial charge in [-0.1, -0.05) is 47.6 Å². The molecule has 0 fully saturated rings. The molecule has 1 amide bonds. The number of ether oxygens (including phenoxy) is 2. The predicted octanol–water partition coefficient (Wildman–Crippen LogP) is 5.23. The number of carbonyl (C=O) groups excluding carboxylic acids is 1. The summed E-state index contributed by atoms with van der Waals surface area (Å²) in [6.07, 6.45) is 1.85. The van der Waals surface area contributed by atoms with Gasteiger partial charge >= 0.3 is 0 Å². The molecule has 1 aliphatic rings. The quantitative estimate of drug-likeness (QED) is 0.0621. The molecular weight excluding hydrogens is 527 g/mol. The lowest BCUT2D eigenvalue weighted by Gasteiger charge is -2.30. The molecule has 0 radical (unpaired) electrons. The fourth-order valence-corrected chi connectivity index (χ4v) is 4.47. The van der Waals surface area contributed by atoms with Gasteiger partial charge < -0.3 is 14.6 Å². The Morgan fingerprint density at radius 2 is 1.95 bits per heavy atom. The van der Waals surface area contributed by atoms with E-state index < -0.39 is 17.6 Å². The lowest BCUT2D eigenvalue weighted by molar-refractivity contribution is -0.129.